The van der Waals surface area contributed by atoms with Crippen molar-refractivity contribution < 1.29 is 19.0 Å². The summed E-state index contributed by atoms with van der Waals surface area (Å²) in [5.74, 6) is -0.980. The maximum Gasteiger partial charge on any atom is 0.270 e. The summed E-state index contributed by atoms with van der Waals surface area (Å²) in [5.41, 5.74) is 8.57. The van der Waals surface area contributed by atoms with E-state index in [9.17, 15) is 14.3 Å². The standard InChI is InChI=1S/C20H21FN4O3/c21-13-3-4-15(18(26)7-13)16-10-25-17(9-23-19(25)6-12(16)8-22)20(27)24-14-2-1-5-28-11-14/h3-4,6-7,9-10,14,26H,1-2,5,8,11,22H2,(H,24,27). The van der Waals surface area contributed by atoms with E-state index in [2.05, 4.69) is 10.3 Å². The molecule has 1 aliphatic heterocycles. The number of phenolic OH excluding ortho intramolecular Hbond substituents is 1. The average molecular weight is 384 g/mol. The van der Waals surface area contributed by atoms with Gasteiger partial charge in [-0.15, -0.1) is 0 Å². The van der Waals surface area contributed by atoms with Gasteiger partial charge in [-0.2, -0.15) is 0 Å². The lowest BCUT2D eigenvalue weighted by Gasteiger charge is -2.23. The van der Waals surface area contributed by atoms with Crippen LogP contribution in [-0.4, -0.2) is 39.7 Å². The monoisotopic (exact) mass is 384 g/mol. The van der Waals surface area contributed by atoms with Crippen molar-refractivity contribution in [2.45, 2.75) is 25.4 Å². The van der Waals surface area contributed by atoms with Gasteiger partial charge in [0.05, 0.1) is 18.8 Å². The highest BCUT2D eigenvalue weighted by Gasteiger charge is 2.21. The van der Waals surface area contributed by atoms with Gasteiger partial charge in [0, 0.05) is 36.5 Å². The van der Waals surface area contributed by atoms with Crippen LogP contribution in [0.3, 0.4) is 0 Å². The van der Waals surface area contributed by atoms with Crippen LogP contribution >= 0.6 is 0 Å². The molecule has 8 heteroatoms. The number of amides is 1. The minimum Gasteiger partial charge on any atom is -0.507 e. The Morgan fingerprint density at radius 1 is 1.39 bits per heavy atom. The van der Waals surface area contributed by atoms with E-state index in [-0.39, 0.29) is 24.2 Å². The van der Waals surface area contributed by atoms with E-state index in [1.165, 1.54) is 18.3 Å². The molecule has 3 aromatic rings. The minimum absolute atomic E-state index is 0.0317. The topological polar surface area (TPSA) is 102 Å². The van der Waals surface area contributed by atoms with E-state index in [1.807, 2.05) is 0 Å². The predicted molar refractivity (Wildman–Crippen MR) is 101 cm³/mol. The fourth-order valence-electron chi connectivity index (χ4n) is 3.49. The molecule has 0 aliphatic carbocycles. The third kappa shape index (κ3) is 3.44. The first-order valence-corrected chi connectivity index (χ1v) is 9.14. The lowest BCUT2D eigenvalue weighted by atomic mass is 10.0. The van der Waals surface area contributed by atoms with Crippen molar-refractivity contribution in [1.82, 2.24) is 14.7 Å². The van der Waals surface area contributed by atoms with Gasteiger partial charge >= 0.3 is 0 Å². The van der Waals surface area contributed by atoms with Crippen LogP contribution in [0, 0.1) is 5.82 Å². The normalized spacial score (nSPS) is 17.0. The van der Waals surface area contributed by atoms with Crippen LogP contribution in [-0.2, 0) is 11.3 Å². The molecule has 0 bridgehead atoms. The Labute approximate surface area is 160 Å². The number of carbonyl (C=O) groups is 1. The molecule has 1 atom stereocenters. The SMILES string of the molecule is NCc1cc2ncc(C(=O)NC3CCCOC3)n2cc1-c1ccc(F)cc1O. The Balaban J connectivity index is 1.74. The molecule has 1 amide bonds. The van der Waals surface area contributed by atoms with Gasteiger partial charge in [0.25, 0.3) is 5.91 Å². The molecular weight excluding hydrogens is 363 g/mol. The Morgan fingerprint density at radius 2 is 2.25 bits per heavy atom. The molecule has 146 valence electrons. The third-order valence-electron chi connectivity index (χ3n) is 4.93. The summed E-state index contributed by atoms with van der Waals surface area (Å²) in [6.07, 6.45) is 4.98. The maximum atomic E-state index is 13.4. The summed E-state index contributed by atoms with van der Waals surface area (Å²) >= 11 is 0. The van der Waals surface area contributed by atoms with Crippen molar-refractivity contribution in [3.05, 3.63) is 53.7 Å². The number of hydrogen-bond acceptors (Lipinski definition) is 5. The van der Waals surface area contributed by atoms with Gasteiger partial charge in [-0.05, 0) is 36.6 Å². The number of benzene rings is 1. The van der Waals surface area contributed by atoms with E-state index in [4.69, 9.17) is 10.5 Å². The molecule has 1 aliphatic rings. The fraction of sp³-hybridized carbons (Fsp3) is 0.300. The maximum absolute atomic E-state index is 13.4. The van der Waals surface area contributed by atoms with Gasteiger partial charge in [0.2, 0.25) is 0 Å². The van der Waals surface area contributed by atoms with Gasteiger partial charge in [-0.25, -0.2) is 9.37 Å². The van der Waals surface area contributed by atoms with Crippen molar-refractivity contribution in [3.63, 3.8) is 0 Å². The number of phenols is 1. The average Bonchev–Trinajstić information content (AvgIpc) is 3.11. The number of rotatable bonds is 4. The Bertz CT molecular complexity index is 1030. The number of nitrogens with zero attached hydrogens (tertiary/aromatic N) is 2. The highest BCUT2D eigenvalue weighted by molar-refractivity contribution is 5.93. The van der Waals surface area contributed by atoms with Crippen LogP contribution in [0.1, 0.15) is 28.9 Å². The molecule has 4 N–H and O–H groups in total. The molecule has 1 unspecified atom stereocenters. The molecule has 0 radical (unpaired) electrons. The van der Waals surface area contributed by atoms with Crippen LogP contribution in [0.15, 0.2) is 36.7 Å². The number of carbonyl (C=O) groups excluding carboxylic acids is 1. The van der Waals surface area contributed by atoms with E-state index in [0.29, 0.717) is 35.7 Å². The van der Waals surface area contributed by atoms with Crippen LogP contribution in [0.4, 0.5) is 4.39 Å². The third-order valence-corrected chi connectivity index (χ3v) is 4.93. The van der Waals surface area contributed by atoms with Crippen molar-refractivity contribution >= 4 is 11.6 Å². The van der Waals surface area contributed by atoms with E-state index in [1.54, 1.807) is 16.7 Å². The Morgan fingerprint density at radius 3 is 2.96 bits per heavy atom. The number of aromatic nitrogens is 2. The summed E-state index contributed by atoms with van der Waals surface area (Å²) in [7, 11) is 0. The number of fused-ring (bicyclic) bond motifs is 1. The zero-order valence-electron chi connectivity index (χ0n) is 15.2. The van der Waals surface area contributed by atoms with Crippen molar-refractivity contribution in [2.24, 2.45) is 5.73 Å². The number of ether oxygens (including phenoxy) is 1. The second-order valence-corrected chi connectivity index (χ2v) is 6.84. The van der Waals surface area contributed by atoms with Gasteiger partial charge < -0.3 is 20.9 Å². The summed E-state index contributed by atoms with van der Waals surface area (Å²) in [5, 5.41) is 13.2. The van der Waals surface area contributed by atoms with E-state index in [0.717, 1.165) is 24.5 Å². The highest BCUT2D eigenvalue weighted by atomic mass is 19.1. The Kier molecular flexibility index (Phi) is 4.97. The summed E-state index contributed by atoms with van der Waals surface area (Å²) in [6, 6.07) is 5.53. The molecule has 1 aromatic carbocycles. The summed E-state index contributed by atoms with van der Waals surface area (Å²) in [4.78, 5) is 17.1. The summed E-state index contributed by atoms with van der Waals surface area (Å²) < 4.78 is 20.4. The van der Waals surface area contributed by atoms with Gasteiger partial charge in [0.1, 0.15) is 22.9 Å². The second kappa shape index (κ2) is 7.57. The molecule has 7 nitrogen and oxygen atoms in total. The van der Waals surface area contributed by atoms with E-state index < -0.39 is 5.82 Å². The molecule has 1 fully saturated rings. The van der Waals surface area contributed by atoms with Crippen LogP contribution < -0.4 is 11.1 Å². The number of pyridine rings is 1. The molecule has 3 heterocycles. The van der Waals surface area contributed by atoms with Crippen LogP contribution in [0.25, 0.3) is 16.8 Å². The lowest BCUT2D eigenvalue weighted by molar-refractivity contribution is 0.0621. The molecule has 2 aromatic heterocycles. The second-order valence-electron chi connectivity index (χ2n) is 6.84. The van der Waals surface area contributed by atoms with Gasteiger partial charge in [-0.1, -0.05) is 0 Å². The zero-order valence-corrected chi connectivity index (χ0v) is 15.2. The highest BCUT2D eigenvalue weighted by Crippen LogP contribution is 2.33. The predicted octanol–water partition coefficient (Wildman–Crippen LogP) is 2.21. The quantitative estimate of drug-likeness (QED) is 0.640. The van der Waals surface area contributed by atoms with Crippen molar-refractivity contribution in [2.75, 3.05) is 13.2 Å². The smallest absolute Gasteiger partial charge is 0.270 e. The number of imidazole rings is 1. The Hall–Kier alpha value is -2.97. The van der Waals surface area contributed by atoms with Crippen molar-refractivity contribution in [1.29, 1.82) is 0 Å². The first kappa shape index (κ1) is 18.4. The number of nitrogens with two attached hydrogens (primary N) is 1. The molecule has 0 saturated carbocycles. The van der Waals surface area contributed by atoms with Crippen LogP contribution in [0.5, 0.6) is 5.75 Å². The fourth-order valence-corrected chi connectivity index (χ4v) is 3.49. The van der Waals surface area contributed by atoms with E-state index >= 15 is 0 Å². The van der Waals surface area contributed by atoms with Gasteiger partial charge in [-0.3, -0.25) is 9.20 Å². The first-order chi connectivity index (χ1) is 13.6. The minimum atomic E-state index is -0.533. The first-order valence-electron chi connectivity index (χ1n) is 9.14. The van der Waals surface area contributed by atoms with Gasteiger partial charge in [0.15, 0.2) is 0 Å². The number of aromatic hydroxyl groups is 1. The summed E-state index contributed by atoms with van der Waals surface area (Å²) in [6.45, 7) is 1.42. The zero-order chi connectivity index (χ0) is 19.7. The number of halogens is 1. The number of hydrogen-bond donors (Lipinski definition) is 3. The molecule has 0 spiro atoms. The molecule has 28 heavy (non-hydrogen) atoms. The lowest BCUT2D eigenvalue weighted by Crippen LogP contribution is -2.41. The van der Waals surface area contributed by atoms with Crippen LogP contribution in [0.2, 0.25) is 0 Å². The van der Waals surface area contributed by atoms with Crippen molar-refractivity contribution in [3.8, 4) is 16.9 Å². The molecule has 1 saturated heterocycles. The molecular formula is C20H21FN4O3. The molecule has 4 rings (SSSR count). The number of nitrogens with one attached hydrogen (secondary N) is 1. The largest absolute Gasteiger partial charge is 0.507 e.